The van der Waals surface area contributed by atoms with Gasteiger partial charge in [-0.2, -0.15) is 11.8 Å². The van der Waals surface area contributed by atoms with Gasteiger partial charge in [0.15, 0.2) is 0 Å². The van der Waals surface area contributed by atoms with Crippen LogP contribution in [0.3, 0.4) is 0 Å². The normalized spacial score (nSPS) is 18.2. The van der Waals surface area contributed by atoms with Gasteiger partial charge in [0, 0.05) is 11.8 Å². The third-order valence-corrected chi connectivity index (χ3v) is 4.74. The second kappa shape index (κ2) is 7.68. The van der Waals surface area contributed by atoms with Crippen LogP contribution in [0.25, 0.3) is 0 Å². The van der Waals surface area contributed by atoms with Gasteiger partial charge in [-0.15, -0.1) is 0 Å². The molecule has 3 N–H and O–H groups in total. The summed E-state index contributed by atoms with van der Waals surface area (Å²) in [7, 11) is 0. The van der Waals surface area contributed by atoms with Crippen molar-refractivity contribution >= 4 is 40.9 Å². The molecule has 1 fully saturated rings. The number of nitrogens with one attached hydrogen (secondary N) is 2. The second-order valence-corrected chi connectivity index (χ2v) is 6.40. The number of carboxylic acid groups (broad SMARTS) is 1. The first-order valence-corrected chi connectivity index (χ1v) is 8.23. The lowest BCUT2D eigenvalue weighted by Crippen LogP contribution is -2.39. The number of amides is 1. The molecule has 1 aliphatic rings. The monoisotopic (exact) mass is 328 g/mol. The van der Waals surface area contributed by atoms with Gasteiger partial charge in [-0.3, -0.25) is 4.79 Å². The first kappa shape index (κ1) is 16.1. The zero-order valence-corrected chi connectivity index (χ0v) is 13.0. The molecular formula is C14H17ClN2O3S. The maximum absolute atomic E-state index is 11.9. The highest BCUT2D eigenvalue weighted by Crippen LogP contribution is 2.23. The number of carbonyl (C=O) groups is 2. The molecule has 7 heteroatoms. The number of hydrogen-bond acceptors (Lipinski definition) is 4. The van der Waals surface area contributed by atoms with Crippen LogP contribution in [0.2, 0.25) is 5.02 Å². The van der Waals surface area contributed by atoms with Crippen molar-refractivity contribution < 1.29 is 14.7 Å². The van der Waals surface area contributed by atoms with Gasteiger partial charge in [0.25, 0.3) is 0 Å². The van der Waals surface area contributed by atoms with Crippen molar-refractivity contribution in [2.24, 2.45) is 0 Å². The second-order valence-electron chi connectivity index (χ2n) is 4.84. The Morgan fingerprint density at radius 1 is 1.43 bits per heavy atom. The fraction of sp³-hybridized carbons (Fsp3) is 0.429. The molecule has 5 nitrogen and oxygen atoms in total. The van der Waals surface area contributed by atoms with E-state index in [-0.39, 0.29) is 18.0 Å². The van der Waals surface area contributed by atoms with E-state index in [1.807, 2.05) is 11.8 Å². The van der Waals surface area contributed by atoms with Crippen LogP contribution in [-0.4, -0.2) is 41.1 Å². The smallest absolute Gasteiger partial charge is 0.335 e. The average molecular weight is 329 g/mol. The number of halogens is 1. The van der Waals surface area contributed by atoms with Crippen molar-refractivity contribution in [1.29, 1.82) is 0 Å². The number of carboxylic acids is 1. The van der Waals surface area contributed by atoms with Gasteiger partial charge in [0.1, 0.15) is 0 Å². The Labute approximate surface area is 132 Å². The average Bonchev–Trinajstić information content (AvgIpc) is 2.48. The number of anilines is 1. The molecule has 1 atom stereocenters. The van der Waals surface area contributed by atoms with Crippen molar-refractivity contribution in [2.45, 2.75) is 18.9 Å². The van der Waals surface area contributed by atoms with Crippen LogP contribution >= 0.6 is 23.4 Å². The van der Waals surface area contributed by atoms with Gasteiger partial charge in [0.2, 0.25) is 5.91 Å². The fourth-order valence-electron chi connectivity index (χ4n) is 2.09. The molecule has 1 aromatic carbocycles. The minimum atomic E-state index is -1.06. The van der Waals surface area contributed by atoms with Crippen LogP contribution in [0.1, 0.15) is 23.2 Å². The predicted octanol–water partition coefficient (Wildman–Crippen LogP) is 2.46. The Hall–Kier alpha value is -1.24. The molecule has 1 aromatic rings. The lowest BCUT2D eigenvalue weighted by Gasteiger charge is -2.22. The lowest BCUT2D eigenvalue weighted by molar-refractivity contribution is -0.115. The molecule has 0 aliphatic carbocycles. The minimum Gasteiger partial charge on any atom is -0.478 e. The maximum atomic E-state index is 11.9. The standard InChI is InChI=1S/C14H17ClN2O3S/c15-11-4-3-9(14(19)20)6-12(11)17-13(18)7-16-10-2-1-5-21-8-10/h3-4,6,10,16H,1-2,5,7-8H2,(H,17,18)(H,19,20). The highest BCUT2D eigenvalue weighted by molar-refractivity contribution is 7.99. The number of thioether (sulfide) groups is 1. The van der Waals surface area contributed by atoms with Gasteiger partial charge in [-0.25, -0.2) is 4.79 Å². The van der Waals surface area contributed by atoms with Crippen LogP contribution in [0.15, 0.2) is 18.2 Å². The Balaban J connectivity index is 1.89. The summed E-state index contributed by atoms with van der Waals surface area (Å²) in [5.74, 6) is 0.916. The fourth-order valence-corrected chi connectivity index (χ4v) is 3.36. The lowest BCUT2D eigenvalue weighted by atomic mass is 10.2. The van der Waals surface area contributed by atoms with E-state index in [0.717, 1.165) is 18.6 Å². The largest absolute Gasteiger partial charge is 0.478 e. The molecule has 0 spiro atoms. The predicted molar refractivity (Wildman–Crippen MR) is 85.4 cm³/mol. The molecule has 0 aromatic heterocycles. The van der Waals surface area contributed by atoms with Crippen molar-refractivity contribution in [2.75, 3.05) is 23.4 Å². The summed E-state index contributed by atoms with van der Waals surface area (Å²) >= 11 is 7.85. The molecule has 1 amide bonds. The molecule has 0 radical (unpaired) electrons. The van der Waals surface area contributed by atoms with Crippen LogP contribution in [0.4, 0.5) is 5.69 Å². The first-order valence-electron chi connectivity index (χ1n) is 6.70. The van der Waals surface area contributed by atoms with E-state index < -0.39 is 5.97 Å². The molecule has 1 heterocycles. The molecule has 2 rings (SSSR count). The molecule has 21 heavy (non-hydrogen) atoms. The number of carbonyl (C=O) groups excluding carboxylic acids is 1. The summed E-state index contributed by atoms with van der Waals surface area (Å²) in [6.45, 7) is 0.193. The van der Waals surface area contributed by atoms with Gasteiger partial charge < -0.3 is 15.7 Å². The highest BCUT2D eigenvalue weighted by Gasteiger charge is 2.15. The Morgan fingerprint density at radius 2 is 2.24 bits per heavy atom. The van der Waals surface area contributed by atoms with E-state index >= 15 is 0 Å². The van der Waals surface area contributed by atoms with Gasteiger partial charge in [-0.05, 0) is 36.8 Å². The van der Waals surface area contributed by atoms with Gasteiger partial charge in [-0.1, -0.05) is 11.6 Å². The summed E-state index contributed by atoms with van der Waals surface area (Å²) in [6.07, 6.45) is 2.24. The summed E-state index contributed by atoms with van der Waals surface area (Å²) < 4.78 is 0. The molecule has 0 bridgehead atoms. The maximum Gasteiger partial charge on any atom is 0.335 e. The zero-order chi connectivity index (χ0) is 15.2. The highest BCUT2D eigenvalue weighted by atomic mass is 35.5. The van der Waals surface area contributed by atoms with Gasteiger partial charge >= 0.3 is 5.97 Å². The van der Waals surface area contributed by atoms with E-state index in [1.165, 1.54) is 24.0 Å². The van der Waals surface area contributed by atoms with Crippen molar-refractivity contribution in [1.82, 2.24) is 5.32 Å². The van der Waals surface area contributed by atoms with Crippen LogP contribution < -0.4 is 10.6 Å². The quantitative estimate of drug-likeness (QED) is 0.774. The number of hydrogen-bond donors (Lipinski definition) is 3. The number of aromatic carboxylic acids is 1. The Kier molecular flexibility index (Phi) is 5.90. The first-order chi connectivity index (χ1) is 10.1. The Morgan fingerprint density at radius 3 is 2.90 bits per heavy atom. The van der Waals surface area contributed by atoms with Crippen molar-refractivity contribution in [3.05, 3.63) is 28.8 Å². The molecule has 1 unspecified atom stereocenters. The minimum absolute atomic E-state index is 0.0892. The summed E-state index contributed by atoms with van der Waals surface area (Å²) in [6, 6.07) is 4.58. The summed E-state index contributed by atoms with van der Waals surface area (Å²) in [5.41, 5.74) is 0.410. The molecule has 1 aliphatic heterocycles. The van der Waals surface area contributed by atoms with E-state index in [4.69, 9.17) is 16.7 Å². The zero-order valence-electron chi connectivity index (χ0n) is 11.4. The van der Waals surface area contributed by atoms with Crippen LogP contribution in [-0.2, 0) is 4.79 Å². The Bertz CT molecular complexity index is 533. The third kappa shape index (κ3) is 4.91. The number of rotatable bonds is 5. The van der Waals surface area contributed by atoms with Gasteiger partial charge in [0.05, 0.1) is 22.8 Å². The van der Waals surface area contributed by atoms with E-state index in [1.54, 1.807) is 0 Å². The van der Waals surface area contributed by atoms with Crippen LogP contribution in [0.5, 0.6) is 0 Å². The van der Waals surface area contributed by atoms with Crippen LogP contribution in [0, 0.1) is 0 Å². The molecule has 1 saturated heterocycles. The molecular weight excluding hydrogens is 312 g/mol. The van der Waals surface area contributed by atoms with Crippen molar-refractivity contribution in [3.8, 4) is 0 Å². The topological polar surface area (TPSA) is 78.4 Å². The summed E-state index contributed by atoms with van der Waals surface area (Å²) in [4.78, 5) is 22.8. The third-order valence-electron chi connectivity index (χ3n) is 3.20. The number of benzene rings is 1. The van der Waals surface area contributed by atoms with Crippen molar-refractivity contribution in [3.63, 3.8) is 0 Å². The molecule has 114 valence electrons. The van der Waals surface area contributed by atoms with E-state index in [0.29, 0.717) is 16.8 Å². The summed E-state index contributed by atoms with van der Waals surface area (Å²) in [5, 5.41) is 15.1. The van der Waals surface area contributed by atoms with E-state index in [2.05, 4.69) is 10.6 Å². The SMILES string of the molecule is O=C(CNC1CCCSC1)Nc1cc(C(=O)O)ccc1Cl. The molecule has 0 saturated carbocycles. The van der Waals surface area contributed by atoms with E-state index in [9.17, 15) is 9.59 Å².